The molecule has 0 radical (unpaired) electrons. The maximum atomic E-state index is 12.8. The van der Waals surface area contributed by atoms with Gasteiger partial charge in [0.05, 0.1) is 0 Å². The van der Waals surface area contributed by atoms with Crippen molar-refractivity contribution in [2.24, 2.45) is 5.73 Å². The number of nitrogens with two attached hydrogens (primary N) is 1. The van der Waals surface area contributed by atoms with E-state index < -0.39 is 23.4 Å². The molecule has 0 spiro atoms. The van der Waals surface area contributed by atoms with Crippen LogP contribution >= 0.6 is 0 Å². The van der Waals surface area contributed by atoms with E-state index >= 15 is 0 Å². The molecule has 1 amide bonds. The molecule has 1 aromatic carbocycles. The zero-order chi connectivity index (χ0) is 14.8. The van der Waals surface area contributed by atoms with E-state index in [-0.39, 0.29) is 12.2 Å². The third-order valence-electron chi connectivity index (χ3n) is 2.73. The Bertz CT molecular complexity index is 454. The summed E-state index contributed by atoms with van der Waals surface area (Å²) in [5, 5.41) is 0. The van der Waals surface area contributed by atoms with Crippen LogP contribution in [-0.4, -0.2) is 24.2 Å². The van der Waals surface area contributed by atoms with Crippen molar-refractivity contribution in [2.45, 2.75) is 25.6 Å². The molecule has 7 heteroatoms. The Hall–Kier alpha value is -1.63. The van der Waals surface area contributed by atoms with E-state index in [0.717, 1.165) is 17.0 Å². The highest BCUT2D eigenvalue weighted by Gasteiger charge is 2.55. The van der Waals surface area contributed by atoms with Gasteiger partial charge in [0.1, 0.15) is 5.82 Å². The first-order valence-electron chi connectivity index (χ1n) is 5.54. The lowest BCUT2D eigenvalue weighted by Gasteiger charge is -2.32. The molecule has 0 aliphatic rings. The second kappa shape index (κ2) is 5.16. The van der Waals surface area contributed by atoms with Gasteiger partial charge in [-0.1, -0.05) is 0 Å². The van der Waals surface area contributed by atoms with Crippen LogP contribution in [0.4, 0.5) is 23.2 Å². The molecular weight excluding hydrogens is 264 g/mol. The Kier molecular flexibility index (Phi) is 4.19. The molecule has 19 heavy (non-hydrogen) atoms. The highest BCUT2D eigenvalue weighted by atomic mass is 19.4. The molecule has 2 N–H and O–H groups in total. The lowest BCUT2D eigenvalue weighted by atomic mass is 10.0. The van der Waals surface area contributed by atoms with Gasteiger partial charge in [0.25, 0.3) is 5.91 Å². The Morgan fingerprint density at radius 1 is 1.26 bits per heavy atom. The van der Waals surface area contributed by atoms with Crippen LogP contribution in [0.25, 0.3) is 0 Å². The first kappa shape index (κ1) is 15.4. The van der Waals surface area contributed by atoms with E-state index in [2.05, 4.69) is 0 Å². The van der Waals surface area contributed by atoms with Gasteiger partial charge in [0.15, 0.2) is 5.54 Å². The number of alkyl halides is 3. The van der Waals surface area contributed by atoms with Crippen molar-refractivity contribution in [2.75, 3.05) is 11.4 Å². The molecule has 0 fully saturated rings. The summed E-state index contributed by atoms with van der Waals surface area (Å²) in [4.78, 5) is 12.8. The first-order chi connectivity index (χ1) is 8.61. The Balaban J connectivity index is 3.11. The monoisotopic (exact) mass is 278 g/mol. The molecule has 0 bridgehead atoms. The summed E-state index contributed by atoms with van der Waals surface area (Å²) in [5.41, 5.74) is 2.26. The number of anilines is 1. The van der Waals surface area contributed by atoms with Crippen molar-refractivity contribution in [3.8, 4) is 0 Å². The minimum atomic E-state index is -4.86. The quantitative estimate of drug-likeness (QED) is 0.863. The number of amides is 1. The fourth-order valence-corrected chi connectivity index (χ4v) is 1.47. The number of halogens is 4. The van der Waals surface area contributed by atoms with Gasteiger partial charge in [0, 0.05) is 12.2 Å². The number of nitrogens with zero attached hydrogens (tertiary/aromatic N) is 1. The second-order valence-electron chi connectivity index (χ2n) is 4.23. The molecule has 1 aromatic rings. The molecule has 1 rings (SSSR count). The maximum absolute atomic E-state index is 12.8. The van der Waals surface area contributed by atoms with Gasteiger partial charge in [-0.05, 0) is 38.1 Å². The molecule has 1 atom stereocenters. The number of likely N-dealkylation sites (N-methyl/N-ethyl adjacent to an activating group) is 1. The summed E-state index contributed by atoms with van der Waals surface area (Å²) in [5.74, 6) is -1.83. The van der Waals surface area contributed by atoms with E-state index in [1.807, 2.05) is 0 Å². The van der Waals surface area contributed by atoms with Crippen LogP contribution in [0.1, 0.15) is 13.8 Å². The third-order valence-corrected chi connectivity index (χ3v) is 2.73. The number of rotatable bonds is 3. The summed E-state index contributed by atoms with van der Waals surface area (Å²) in [7, 11) is 0. The molecule has 3 nitrogen and oxygen atoms in total. The topological polar surface area (TPSA) is 46.3 Å². The van der Waals surface area contributed by atoms with Crippen molar-refractivity contribution in [1.82, 2.24) is 0 Å². The number of carbonyl (C=O) groups is 1. The van der Waals surface area contributed by atoms with Crippen LogP contribution in [0, 0.1) is 5.82 Å². The zero-order valence-electron chi connectivity index (χ0n) is 10.5. The van der Waals surface area contributed by atoms with E-state index in [1.54, 1.807) is 0 Å². The largest absolute Gasteiger partial charge is 0.415 e. The van der Waals surface area contributed by atoms with Crippen LogP contribution in [0.5, 0.6) is 0 Å². The minimum Gasteiger partial charge on any atom is -0.311 e. The normalized spacial score (nSPS) is 14.9. The summed E-state index contributed by atoms with van der Waals surface area (Å²) in [6.45, 7) is 2.11. The van der Waals surface area contributed by atoms with Crippen LogP contribution in [0.15, 0.2) is 24.3 Å². The van der Waals surface area contributed by atoms with E-state index in [4.69, 9.17) is 5.73 Å². The average molecular weight is 278 g/mol. The molecule has 0 aliphatic heterocycles. The standard InChI is InChI=1S/C12H14F4N2O/c1-3-18(9-6-4-8(13)5-7-9)10(19)11(2,17)12(14,15)16/h4-7H,3,17H2,1-2H3. The highest BCUT2D eigenvalue weighted by Crippen LogP contribution is 2.31. The minimum absolute atomic E-state index is 0.00661. The Labute approximate surface area is 108 Å². The van der Waals surface area contributed by atoms with E-state index in [0.29, 0.717) is 6.92 Å². The average Bonchev–Trinajstić information content (AvgIpc) is 2.30. The van der Waals surface area contributed by atoms with Crippen molar-refractivity contribution >= 4 is 11.6 Å². The lowest BCUT2D eigenvalue weighted by Crippen LogP contribution is -2.62. The fraction of sp³-hybridized carbons (Fsp3) is 0.417. The lowest BCUT2D eigenvalue weighted by molar-refractivity contribution is -0.185. The predicted molar refractivity (Wildman–Crippen MR) is 63.1 cm³/mol. The molecule has 106 valence electrons. The molecule has 0 aliphatic carbocycles. The summed E-state index contributed by atoms with van der Waals surface area (Å²) < 4.78 is 51.0. The highest BCUT2D eigenvalue weighted by molar-refractivity contribution is 6.00. The van der Waals surface area contributed by atoms with Gasteiger partial charge in [-0.25, -0.2) is 4.39 Å². The van der Waals surface area contributed by atoms with E-state index in [1.165, 1.54) is 19.1 Å². The smallest absolute Gasteiger partial charge is 0.311 e. The van der Waals surface area contributed by atoms with Gasteiger partial charge >= 0.3 is 6.18 Å². The van der Waals surface area contributed by atoms with Crippen molar-refractivity contribution in [1.29, 1.82) is 0 Å². The zero-order valence-corrected chi connectivity index (χ0v) is 10.5. The molecule has 0 saturated heterocycles. The molecule has 1 unspecified atom stereocenters. The SMILES string of the molecule is CCN(C(=O)C(C)(N)C(F)(F)F)c1ccc(F)cc1. The van der Waals surface area contributed by atoms with Gasteiger partial charge in [-0.2, -0.15) is 13.2 Å². The van der Waals surface area contributed by atoms with Crippen LogP contribution in [0.2, 0.25) is 0 Å². The van der Waals surface area contributed by atoms with Crippen molar-refractivity contribution in [3.63, 3.8) is 0 Å². The summed E-state index contributed by atoms with van der Waals surface area (Å²) >= 11 is 0. The Morgan fingerprint density at radius 2 is 1.74 bits per heavy atom. The van der Waals surface area contributed by atoms with Gasteiger partial charge in [-0.3, -0.25) is 4.79 Å². The molecule has 0 saturated carbocycles. The van der Waals surface area contributed by atoms with E-state index in [9.17, 15) is 22.4 Å². The third kappa shape index (κ3) is 3.04. The number of carbonyl (C=O) groups excluding carboxylic acids is 1. The van der Waals surface area contributed by atoms with Gasteiger partial charge in [-0.15, -0.1) is 0 Å². The van der Waals surface area contributed by atoms with Crippen LogP contribution in [0.3, 0.4) is 0 Å². The maximum Gasteiger partial charge on any atom is 0.415 e. The number of benzene rings is 1. The van der Waals surface area contributed by atoms with Crippen molar-refractivity contribution < 1.29 is 22.4 Å². The summed E-state index contributed by atoms with van der Waals surface area (Å²) in [6, 6.07) is 4.58. The van der Waals surface area contributed by atoms with Gasteiger partial charge in [0.2, 0.25) is 0 Å². The molecular formula is C12H14F4N2O. The molecule has 0 heterocycles. The fourth-order valence-electron chi connectivity index (χ4n) is 1.47. The van der Waals surface area contributed by atoms with Crippen LogP contribution in [-0.2, 0) is 4.79 Å². The number of hydrogen-bond donors (Lipinski definition) is 1. The molecule has 0 aromatic heterocycles. The Morgan fingerprint density at radius 3 is 2.11 bits per heavy atom. The summed E-state index contributed by atoms with van der Waals surface area (Å²) in [6.07, 6.45) is -4.86. The van der Waals surface area contributed by atoms with Crippen LogP contribution < -0.4 is 10.6 Å². The number of hydrogen-bond acceptors (Lipinski definition) is 2. The van der Waals surface area contributed by atoms with Crippen molar-refractivity contribution in [3.05, 3.63) is 30.1 Å². The first-order valence-corrected chi connectivity index (χ1v) is 5.54. The van der Waals surface area contributed by atoms with Gasteiger partial charge < -0.3 is 10.6 Å². The predicted octanol–water partition coefficient (Wildman–Crippen LogP) is 2.46. The second-order valence-corrected chi connectivity index (χ2v) is 4.23.